The first-order valence-corrected chi connectivity index (χ1v) is 6.24. The standard InChI is InChI=1S/C12H9ClO3S/c13-9-5-7-10(8-6-9)16-11-3-1-2-4-12(11)17(14)15/h1-8H,(H,14,15)/p-1. The van der Waals surface area contributed by atoms with Crippen molar-refractivity contribution in [2.75, 3.05) is 0 Å². The van der Waals surface area contributed by atoms with E-state index in [0.29, 0.717) is 16.5 Å². The average Bonchev–Trinajstić information content (AvgIpc) is 2.32. The smallest absolute Gasteiger partial charge is 0.142 e. The molecule has 1 unspecified atom stereocenters. The average molecular weight is 268 g/mol. The zero-order chi connectivity index (χ0) is 12.3. The molecule has 0 aromatic heterocycles. The summed E-state index contributed by atoms with van der Waals surface area (Å²) < 4.78 is 27.4. The van der Waals surface area contributed by atoms with Crippen molar-refractivity contribution in [2.45, 2.75) is 4.90 Å². The summed E-state index contributed by atoms with van der Waals surface area (Å²) >= 11 is 3.42. The molecule has 2 rings (SSSR count). The van der Waals surface area contributed by atoms with Gasteiger partial charge in [0.2, 0.25) is 0 Å². The van der Waals surface area contributed by atoms with Crippen LogP contribution in [-0.4, -0.2) is 8.76 Å². The second kappa shape index (κ2) is 5.31. The molecule has 0 radical (unpaired) electrons. The zero-order valence-electron chi connectivity index (χ0n) is 8.63. The van der Waals surface area contributed by atoms with Gasteiger partial charge in [-0.3, -0.25) is 4.21 Å². The molecule has 0 saturated carbocycles. The summed E-state index contributed by atoms with van der Waals surface area (Å²) in [6, 6.07) is 13.1. The Morgan fingerprint density at radius 3 is 2.35 bits per heavy atom. The summed E-state index contributed by atoms with van der Waals surface area (Å²) in [5.74, 6) is 0.829. The summed E-state index contributed by atoms with van der Waals surface area (Å²) in [6.07, 6.45) is 0. The van der Waals surface area contributed by atoms with Gasteiger partial charge >= 0.3 is 0 Å². The van der Waals surface area contributed by atoms with Gasteiger partial charge in [0, 0.05) is 5.02 Å². The van der Waals surface area contributed by atoms with E-state index < -0.39 is 11.1 Å². The third kappa shape index (κ3) is 3.06. The Bertz CT molecular complexity index is 540. The van der Waals surface area contributed by atoms with E-state index in [1.165, 1.54) is 6.07 Å². The van der Waals surface area contributed by atoms with Gasteiger partial charge in [-0.05, 0) is 47.5 Å². The van der Waals surface area contributed by atoms with Gasteiger partial charge in [-0.25, -0.2) is 0 Å². The molecule has 0 aliphatic heterocycles. The molecule has 5 heteroatoms. The molecule has 0 amide bonds. The normalized spacial score (nSPS) is 12.1. The van der Waals surface area contributed by atoms with Crippen LogP contribution in [0.1, 0.15) is 0 Å². The van der Waals surface area contributed by atoms with Crippen LogP contribution in [0.15, 0.2) is 53.4 Å². The molecule has 17 heavy (non-hydrogen) atoms. The topological polar surface area (TPSA) is 49.4 Å². The first-order chi connectivity index (χ1) is 8.16. The Morgan fingerprint density at radius 1 is 1.06 bits per heavy atom. The predicted molar refractivity (Wildman–Crippen MR) is 65.2 cm³/mol. The van der Waals surface area contributed by atoms with Crippen molar-refractivity contribution in [1.82, 2.24) is 0 Å². The third-order valence-corrected chi connectivity index (χ3v) is 3.02. The van der Waals surface area contributed by atoms with Crippen LogP contribution >= 0.6 is 11.6 Å². The van der Waals surface area contributed by atoms with E-state index in [2.05, 4.69) is 0 Å². The van der Waals surface area contributed by atoms with Crippen molar-refractivity contribution >= 4 is 22.7 Å². The monoisotopic (exact) mass is 267 g/mol. The molecule has 3 nitrogen and oxygen atoms in total. The van der Waals surface area contributed by atoms with Crippen molar-refractivity contribution in [2.24, 2.45) is 0 Å². The molecule has 0 fully saturated rings. The van der Waals surface area contributed by atoms with E-state index in [1.54, 1.807) is 42.5 Å². The minimum absolute atomic E-state index is 0.127. The second-order valence-corrected chi connectivity index (χ2v) is 4.58. The van der Waals surface area contributed by atoms with Crippen molar-refractivity contribution in [3.8, 4) is 11.5 Å². The van der Waals surface area contributed by atoms with Gasteiger partial charge in [0.15, 0.2) is 0 Å². The van der Waals surface area contributed by atoms with Crippen molar-refractivity contribution in [1.29, 1.82) is 0 Å². The fourth-order valence-electron chi connectivity index (χ4n) is 1.30. The van der Waals surface area contributed by atoms with Crippen LogP contribution in [0.2, 0.25) is 5.02 Å². The lowest BCUT2D eigenvalue weighted by Gasteiger charge is -2.12. The quantitative estimate of drug-likeness (QED) is 0.801. The lowest BCUT2D eigenvalue weighted by atomic mass is 10.3. The van der Waals surface area contributed by atoms with Crippen LogP contribution in [0.5, 0.6) is 11.5 Å². The first-order valence-electron chi connectivity index (χ1n) is 4.78. The summed E-state index contributed by atoms with van der Waals surface area (Å²) in [6.45, 7) is 0. The van der Waals surface area contributed by atoms with Crippen LogP contribution in [0.25, 0.3) is 0 Å². The molecule has 88 valence electrons. The van der Waals surface area contributed by atoms with E-state index in [4.69, 9.17) is 16.3 Å². The number of para-hydroxylation sites is 1. The lowest BCUT2D eigenvalue weighted by Crippen LogP contribution is -1.93. The Kier molecular flexibility index (Phi) is 3.78. The maximum absolute atomic E-state index is 11.0. The number of rotatable bonds is 3. The Morgan fingerprint density at radius 2 is 1.71 bits per heavy atom. The van der Waals surface area contributed by atoms with Crippen molar-refractivity contribution in [3.63, 3.8) is 0 Å². The number of benzene rings is 2. The molecule has 0 aliphatic carbocycles. The molecule has 2 aromatic rings. The molecule has 0 aliphatic rings. The fraction of sp³-hybridized carbons (Fsp3) is 0. The second-order valence-electron chi connectivity index (χ2n) is 3.24. The SMILES string of the molecule is O=S([O-])c1ccccc1Oc1ccc(Cl)cc1. The lowest BCUT2D eigenvalue weighted by molar-refractivity contribution is 0.463. The van der Waals surface area contributed by atoms with Gasteiger partial charge in [0.05, 0.1) is 4.90 Å². The molecule has 0 bridgehead atoms. The van der Waals surface area contributed by atoms with Crippen LogP contribution in [0.3, 0.4) is 0 Å². The fourth-order valence-corrected chi connectivity index (χ4v) is 1.89. The van der Waals surface area contributed by atoms with Gasteiger partial charge in [-0.15, -0.1) is 0 Å². The molecular weight excluding hydrogens is 260 g/mol. The number of ether oxygens (including phenoxy) is 1. The Labute approximate surface area is 106 Å². The van der Waals surface area contributed by atoms with Crippen LogP contribution < -0.4 is 4.74 Å². The highest BCUT2D eigenvalue weighted by Crippen LogP contribution is 2.27. The van der Waals surface area contributed by atoms with E-state index in [0.717, 1.165) is 0 Å². The van der Waals surface area contributed by atoms with Crippen LogP contribution in [0, 0.1) is 0 Å². The van der Waals surface area contributed by atoms with Crippen molar-refractivity contribution < 1.29 is 13.5 Å². The zero-order valence-corrected chi connectivity index (χ0v) is 10.2. The Balaban J connectivity index is 2.30. The van der Waals surface area contributed by atoms with Gasteiger partial charge in [-0.1, -0.05) is 23.7 Å². The summed E-state index contributed by atoms with van der Waals surface area (Å²) in [5.41, 5.74) is 0. The minimum Gasteiger partial charge on any atom is -0.768 e. The molecule has 0 saturated heterocycles. The maximum atomic E-state index is 11.0. The van der Waals surface area contributed by atoms with Crippen LogP contribution in [-0.2, 0) is 11.1 Å². The Hall–Kier alpha value is -1.36. The number of hydrogen-bond acceptors (Lipinski definition) is 3. The summed E-state index contributed by atoms with van der Waals surface area (Å²) in [5, 5.41) is 0.595. The largest absolute Gasteiger partial charge is 0.768 e. The molecule has 0 spiro atoms. The molecule has 2 aromatic carbocycles. The predicted octanol–water partition coefficient (Wildman–Crippen LogP) is 3.37. The minimum atomic E-state index is -2.32. The van der Waals surface area contributed by atoms with E-state index in [9.17, 15) is 8.76 Å². The van der Waals surface area contributed by atoms with E-state index in [-0.39, 0.29) is 4.90 Å². The van der Waals surface area contributed by atoms with E-state index in [1.807, 2.05) is 0 Å². The first kappa shape index (κ1) is 12.1. The van der Waals surface area contributed by atoms with Gasteiger partial charge < -0.3 is 9.29 Å². The molecule has 1 atom stereocenters. The highest BCUT2D eigenvalue weighted by Gasteiger charge is 2.04. The number of halogens is 1. The molecule has 0 heterocycles. The number of hydrogen-bond donors (Lipinski definition) is 0. The summed E-state index contributed by atoms with van der Waals surface area (Å²) in [4.78, 5) is 0.127. The third-order valence-electron chi connectivity index (χ3n) is 2.07. The van der Waals surface area contributed by atoms with E-state index >= 15 is 0 Å². The van der Waals surface area contributed by atoms with Gasteiger partial charge in [-0.2, -0.15) is 0 Å². The summed E-state index contributed by atoms with van der Waals surface area (Å²) in [7, 11) is 0. The molecule has 0 N–H and O–H groups in total. The van der Waals surface area contributed by atoms with Crippen LogP contribution in [0.4, 0.5) is 0 Å². The highest BCUT2D eigenvalue weighted by atomic mass is 35.5. The highest BCUT2D eigenvalue weighted by molar-refractivity contribution is 7.79. The van der Waals surface area contributed by atoms with Crippen molar-refractivity contribution in [3.05, 3.63) is 53.6 Å². The maximum Gasteiger partial charge on any atom is 0.142 e. The molecular formula is C12H8ClO3S-. The van der Waals surface area contributed by atoms with Gasteiger partial charge in [0.25, 0.3) is 0 Å². The van der Waals surface area contributed by atoms with Gasteiger partial charge in [0.1, 0.15) is 11.5 Å².